The highest BCUT2D eigenvalue weighted by Gasteiger charge is 2.42. The van der Waals surface area contributed by atoms with Gasteiger partial charge in [-0.1, -0.05) is 45.2 Å². The molecule has 2 unspecified atom stereocenters. The zero-order chi connectivity index (χ0) is 26.2. The van der Waals surface area contributed by atoms with Gasteiger partial charge in [-0.05, 0) is 70.1 Å². The predicted octanol–water partition coefficient (Wildman–Crippen LogP) is 4.56. The molecule has 2 rings (SSSR count). The van der Waals surface area contributed by atoms with Crippen molar-refractivity contribution in [1.82, 2.24) is 15.5 Å². The molecule has 1 aromatic rings. The van der Waals surface area contributed by atoms with E-state index in [1.807, 2.05) is 26.0 Å². The first-order valence-corrected chi connectivity index (χ1v) is 12.6. The molecule has 0 aliphatic heterocycles. The zero-order valence-corrected chi connectivity index (χ0v) is 22.0. The summed E-state index contributed by atoms with van der Waals surface area (Å²) in [5.74, 6) is 1.87. The van der Waals surface area contributed by atoms with Crippen LogP contribution < -0.4 is 10.6 Å². The minimum absolute atomic E-state index is 0.0848. The van der Waals surface area contributed by atoms with Crippen molar-refractivity contribution in [3.05, 3.63) is 35.4 Å². The van der Waals surface area contributed by atoms with Crippen LogP contribution in [0.4, 0.5) is 4.79 Å². The Morgan fingerprint density at radius 3 is 2.26 bits per heavy atom. The van der Waals surface area contributed by atoms with Crippen LogP contribution in [0.5, 0.6) is 0 Å². The van der Waals surface area contributed by atoms with Crippen LogP contribution in [0.2, 0.25) is 0 Å². The number of terminal acetylenes is 1. The number of carbonyl (C=O) groups is 3. The van der Waals surface area contributed by atoms with Crippen molar-refractivity contribution in [1.29, 1.82) is 0 Å². The van der Waals surface area contributed by atoms with Gasteiger partial charge in [-0.15, -0.1) is 6.42 Å². The van der Waals surface area contributed by atoms with Gasteiger partial charge in [0.1, 0.15) is 17.7 Å². The van der Waals surface area contributed by atoms with E-state index in [0.29, 0.717) is 17.7 Å². The van der Waals surface area contributed by atoms with Crippen molar-refractivity contribution in [2.24, 2.45) is 5.92 Å². The molecule has 0 aromatic heterocycles. The molecular weight excluding hydrogens is 442 g/mol. The summed E-state index contributed by atoms with van der Waals surface area (Å²) in [4.78, 5) is 41.8. The van der Waals surface area contributed by atoms with E-state index in [1.165, 1.54) is 0 Å². The molecule has 0 spiro atoms. The third kappa shape index (κ3) is 8.02. The Balaban J connectivity index is 2.44. The summed E-state index contributed by atoms with van der Waals surface area (Å²) in [6, 6.07) is 5.44. The molecule has 1 aliphatic rings. The lowest BCUT2D eigenvalue weighted by Gasteiger charge is -2.44. The fraction of sp³-hybridized carbons (Fsp3) is 0.607. The van der Waals surface area contributed by atoms with Gasteiger partial charge < -0.3 is 20.3 Å². The van der Waals surface area contributed by atoms with Crippen LogP contribution in [-0.4, -0.2) is 47.0 Å². The summed E-state index contributed by atoms with van der Waals surface area (Å²) in [7, 11) is 0. The molecule has 0 heterocycles. The summed E-state index contributed by atoms with van der Waals surface area (Å²) in [6.07, 6.45) is 9.27. The van der Waals surface area contributed by atoms with Crippen molar-refractivity contribution in [3.8, 4) is 12.3 Å². The first-order chi connectivity index (χ1) is 16.5. The van der Waals surface area contributed by atoms with Gasteiger partial charge in [0.05, 0.1) is 0 Å². The van der Waals surface area contributed by atoms with Crippen molar-refractivity contribution in [3.63, 3.8) is 0 Å². The summed E-state index contributed by atoms with van der Waals surface area (Å²) >= 11 is 0. The van der Waals surface area contributed by atoms with Crippen LogP contribution in [0.1, 0.15) is 90.8 Å². The monoisotopic (exact) mass is 483 g/mol. The second-order valence-corrected chi connectivity index (χ2v) is 10.5. The number of alkyl carbamates (subject to hydrolysis) is 1. The van der Waals surface area contributed by atoms with Crippen LogP contribution in [0, 0.1) is 18.3 Å². The lowest BCUT2D eigenvalue weighted by Crippen LogP contribution is -2.58. The molecule has 192 valence electrons. The number of unbranched alkanes of at least 4 members (excludes halogenated alkanes) is 1. The quantitative estimate of drug-likeness (QED) is 0.377. The number of nitrogens with one attached hydrogen (secondary N) is 2. The highest BCUT2D eigenvalue weighted by molar-refractivity contribution is 5.92. The van der Waals surface area contributed by atoms with Gasteiger partial charge in [-0.25, -0.2) is 4.79 Å². The SMILES string of the molecule is C#Cc1ccc(C(C(=O)NCCCC)N(C(=O)C(NC(=O)OC(C)(C)C)C(C)C)C2CCC2)cc1. The number of benzene rings is 1. The van der Waals surface area contributed by atoms with Crippen molar-refractivity contribution in [2.75, 3.05) is 6.54 Å². The third-order valence-electron chi connectivity index (χ3n) is 6.08. The first-order valence-electron chi connectivity index (χ1n) is 12.6. The maximum atomic E-state index is 14.0. The molecule has 0 radical (unpaired) electrons. The van der Waals surface area contributed by atoms with Gasteiger partial charge in [0, 0.05) is 18.2 Å². The average Bonchev–Trinajstić information content (AvgIpc) is 2.74. The van der Waals surface area contributed by atoms with Gasteiger partial charge in [0.2, 0.25) is 11.8 Å². The Kier molecular flexibility index (Phi) is 10.2. The van der Waals surface area contributed by atoms with Crippen molar-refractivity contribution in [2.45, 2.75) is 97.4 Å². The van der Waals surface area contributed by atoms with E-state index in [9.17, 15) is 14.4 Å². The first kappa shape index (κ1) is 28.2. The number of hydrogen-bond donors (Lipinski definition) is 2. The van der Waals surface area contributed by atoms with Gasteiger partial charge in [-0.2, -0.15) is 0 Å². The molecule has 1 fully saturated rings. The molecule has 2 N–H and O–H groups in total. The normalized spacial score (nSPS) is 15.4. The molecule has 7 nitrogen and oxygen atoms in total. The molecule has 0 bridgehead atoms. The van der Waals surface area contributed by atoms with Crippen molar-refractivity contribution < 1.29 is 19.1 Å². The lowest BCUT2D eigenvalue weighted by molar-refractivity contribution is -0.148. The molecule has 1 saturated carbocycles. The van der Waals surface area contributed by atoms with E-state index < -0.39 is 23.8 Å². The standard InChI is InChI=1S/C28H41N3O4/c1-8-10-18-29-25(32)24(21-16-14-20(9-2)15-17-21)31(22-12-11-13-22)26(33)23(19(3)4)30-27(34)35-28(5,6)7/h2,14-17,19,22-24H,8,10-13,18H2,1,3-7H3,(H,29,32)(H,30,34). The third-order valence-corrected chi connectivity index (χ3v) is 6.08. The molecule has 3 amide bonds. The van der Waals surface area contributed by atoms with Crippen molar-refractivity contribution >= 4 is 17.9 Å². The van der Waals surface area contributed by atoms with Gasteiger partial charge >= 0.3 is 6.09 Å². The number of nitrogens with zero attached hydrogens (tertiary/aromatic N) is 1. The molecule has 2 atom stereocenters. The van der Waals surface area contributed by atoms with Gasteiger partial charge in [-0.3, -0.25) is 9.59 Å². The maximum absolute atomic E-state index is 14.0. The van der Waals surface area contributed by atoms with Crippen LogP contribution in [0.15, 0.2) is 24.3 Å². The molecular formula is C28H41N3O4. The largest absolute Gasteiger partial charge is 0.444 e. The Labute approximate surface area is 210 Å². The Morgan fingerprint density at radius 1 is 1.17 bits per heavy atom. The van der Waals surface area contributed by atoms with Gasteiger partial charge in [0.25, 0.3) is 0 Å². The molecule has 1 aliphatic carbocycles. The van der Waals surface area contributed by atoms with E-state index in [-0.39, 0.29) is 23.8 Å². The topological polar surface area (TPSA) is 87.7 Å². The zero-order valence-electron chi connectivity index (χ0n) is 22.0. The second-order valence-electron chi connectivity index (χ2n) is 10.5. The van der Waals surface area contributed by atoms with Gasteiger partial charge in [0.15, 0.2) is 0 Å². The smallest absolute Gasteiger partial charge is 0.408 e. The minimum Gasteiger partial charge on any atom is -0.444 e. The van der Waals surface area contributed by atoms with Crippen LogP contribution in [0.3, 0.4) is 0 Å². The molecule has 0 saturated heterocycles. The highest BCUT2D eigenvalue weighted by Crippen LogP contribution is 2.34. The summed E-state index contributed by atoms with van der Waals surface area (Å²) in [6.45, 7) is 11.7. The number of ether oxygens (including phenoxy) is 1. The number of carbonyl (C=O) groups excluding carboxylic acids is 3. The summed E-state index contributed by atoms with van der Waals surface area (Å²) in [5, 5.41) is 5.77. The number of hydrogen-bond acceptors (Lipinski definition) is 4. The lowest BCUT2D eigenvalue weighted by atomic mass is 9.87. The number of amides is 3. The van der Waals surface area contributed by atoms with E-state index in [1.54, 1.807) is 37.8 Å². The Bertz CT molecular complexity index is 908. The predicted molar refractivity (Wildman–Crippen MR) is 138 cm³/mol. The number of rotatable bonds is 10. The van der Waals surface area contributed by atoms with E-state index in [0.717, 1.165) is 32.1 Å². The van der Waals surface area contributed by atoms with E-state index >= 15 is 0 Å². The highest BCUT2D eigenvalue weighted by atomic mass is 16.6. The minimum atomic E-state index is -0.832. The summed E-state index contributed by atoms with van der Waals surface area (Å²) in [5.41, 5.74) is 0.702. The maximum Gasteiger partial charge on any atom is 0.408 e. The Hall–Kier alpha value is -3.01. The second kappa shape index (κ2) is 12.6. The average molecular weight is 484 g/mol. The van der Waals surface area contributed by atoms with Crippen LogP contribution >= 0.6 is 0 Å². The van der Waals surface area contributed by atoms with Crippen LogP contribution in [0.25, 0.3) is 0 Å². The molecule has 7 heteroatoms. The molecule has 35 heavy (non-hydrogen) atoms. The fourth-order valence-corrected chi connectivity index (χ4v) is 3.98. The Morgan fingerprint density at radius 2 is 1.80 bits per heavy atom. The van der Waals surface area contributed by atoms with E-state index in [2.05, 4.69) is 23.5 Å². The van der Waals surface area contributed by atoms with E-state index in [4.69, 9.17) is 11.2 Å². The van der Waals surface area contributed by atoms with Crippen LogP contribution in [-0.2, 0) is 14.3 Å². The fourth-order valence-electron chi connectivity index (χ4n) is 3.98. The summed E-state index contributed by atoms with van der Waals surface area (Å²) < 4.78 is 5.41. The molecule has 1 aromatic carbocycles.